The van der Waals surface area contributed by atoms with Crippen molar-refractivity contribution in [3.05, 3.63) is 52.7 Å². The number of carbonyl (C=O) groups is 1. The van der Waals surface area contributed by atoms with Crippen LogP contribution in [-0.4, -0.2) is 53.9 Å². The number of hydrogen-bond donors (Lipinski definition) is 1. The molecule has 0 radical (unpaired) electrons. The smallest absolute Gasteiger partial charge is 0.388 e. The van der Waals surface area contributed by atoms with Gasteiger partial charge in [-0.25, -0.2) is 9.67 Å². The highest BCUT2D eigenvalue weighted by atomic mass is 19.4. The molecule has 2 aromatic heterocycles. The molecule has 8 nitrogen and oxygen atoms in total. The molecule has 1 aromatic carbocycles. The molecule has 11 heteroatoms. The van der Waals surface area contributed by atoms with E-state index in [4.69, 9.17) is 0 Å². The first-order chi connectivity index (χ1) is 15.6. The van der Waals surface area contributed by atoms with Gasteiger partial charge in [-0.1, -0.05) is 0 Å². The Morgan fingerprint density at radius 1 is 1.15 bits per heavy atom. The molecule has 0 spiro atoms. The van der Waals surface area contributed by atoms with E-state index in [1.54, 1.807) is 4.90 Å². The molecule has 1 saturated carbocycles. The van der Waals surface area contributed by atoms with Crippen molar-refractivity contribution >= 4 is 16.9 Å². The lowest BCUT2D eigenvalue weighted by molar-refractivity contribution is -0.138. The summed E-state index contributed by atoms with van der Waals surface area (Å²) in [4.78, 5) is 31.3. The Labute approximate surface area is 186 Å². The van der Waals surface area contributed by atoms with Gasteiger partial charge < -0.3 is 10.0 Å². The van der Waals surface area contributed by atoms with Crippen LogP contribution < -0.4 is 5.56 Å². The third-order valence-corrected chi connectivity index (χ3v) is 6.39. The molecule has 1 aliphatic heterocycles. The Bertz CT molecular complexity index is 1250. The molecule has 1 aliphatic carbocycles. The zero-order valence-corrected chi connectivity index (χ0v) is 17.6. The van der Waals surface area contributed by atoms with Crippen LogP contribution in [0.3, 0.4) is 0 Å². The van der Waals surface area contributed by atoms with Gasteiger partial charge in [0.2, 0.25) is 5.91 Å². The minimum absolute atomic E-state index is 0.0334. The lowest BCUT2D eigenvalue weighted by Crippen LogP contribution is -2.50. The standard InChI is InChI=1S/C22H22F3N5O3/c23-22(24,25)15-3-5-16(6-4-15)30-18-17(11-27-30)20(32)29(13-26-18)12-21(33)7-9-28(10-8-21)19(31)14-1-2-14/h3-6,11,13-14,33H,1-2,7-10,12H2. The van der Waals surface area contributed by atoms with E-state index in [-0.39, 0.29) is 29.4 Å². The molecule has 0 unspecified atom stereocenters. The van der Waals surface area contributed by atoms with Gasteiger partial charge in [-0.05, 0) is 49.9 Å². The zero-order chi connectivity index (χ0) is 23.4. The molecule has 2 aliphatic rings. The van der Waals surface area contributed by atoms with E-state index < -0.39 is 22.9 Å². The van der Waals surface area contributed by atoms with Crippen LogP contribution >= 0.6 is 0 Å². The summed E-state index contributed by atoms with van der Waals surface area (Å²) in [5, 5.41) is 15.3. The summed E-state index contributed by atoms with van der Waals surface area (Å²) >= 11 is 0. The van der Waals surface area contributed by atoms with Crippen molar-refractivity contribution in [2.45, 2.75) is 44.0 Å². The third-order valence-electron chi connectivity index (χ3n) is 6.39. The van der Waals surface area contributed by atoms with E-state index >= 15 is 0 Å². The monoisotopic (exact) mass is 461 g/mol. The number of aliphatic hydroxyl groups is 1. The number of aromatic nitrogens is 4. The number of benzene rings is 1. The molecule has 1 amide bonds. The highest BCUT2D eigenvalue weighted by Crippen LogP contribution is 2.33. The molecular weight excluding hydrogens is 439 g/mol. The second kappa shape index (κ2) is 7.68. The van der Waals surface area contributed by atoms with Crippen LogP contribution in [0.2, 0.25) is 0 Å². The van der Waals surface area contributed by atoms with E-state index in [9.17, 15) is 27.9 Å². The first-order valence-corrected chi connectivity index (χ1v) is 10.8. The average Bonchev–Trinajstić information content (AvgIpc) is 3.54. The number of hydrogen-bond acceptors (Lipinski definition) is 5. The first kappa shape index (κ1) is 21.6. The van der Waals surface area contributed by atoms with Gasteiger partial charge in [0.1, 0.15) is 11.7 Å². The fourth-order valence-corrected chi connectivity index (χ4v) is 4.25. The molecule has 5 rings (SSSR count). The molecule has 0 bridgehead atoms. The van der Waals surface area contributed by atoms with Gasteiger partial charge in [-0.15, -0.1) is 0 Å². The van der Waals surface area contributed by atoms with Gasteiger partial charge in [0, 0.05) is 19.0 Å². The van der Waals surface area contributed by atoms with Crippen molar-refractivity contribution in [2.24, 2.45) is 5.92 Å². The van der Waals surface area contributed by atoms with Crippen molar-refractivity contribution in [3.63, 3.8) is 0 Å². The third kappa shape index (κ3) is 4.12. The second-order valence-electron chi connectivity index (χ2n) is 8.84. The number of likely N-dealkylation sites (tertiary alicyclic amines) is 1. The van der Waals surface area contributed by atoms with E-state index in [1.165, 1.54) is 33.9 Å². The van der Waals surface area contributed by atoms with Crippen molar-refractivity contribution in [1.82, 2.24) is 24.2 Å². The normalized spacial score (nSPS) is 18.6. The van der Waals surface area contributed by atoms with Gasteiger partial charge >= 0.3 is 6.18 Å². The maximum absolute atomic E-state index is 13.0. The second-order valence-corrected chi connectivity index (χ2v) is 8.84. The summed E-state index contributed by atoms with van der Waals surface area (Å²) in [5.41, 5.74) is -1.76. The topological polar surface area (TPSA) is 93.2 Å². The van der Waals surface area contributed by atoms with Gasteiger partial charge in [0.05, 0.1) is 29.6 Å². The van der Waals surface area contributed by atoms with Gasteiger partial charge in [-0.2, -0.15) is 18.3 Å². The van der Waals surface area contributed by atoms with Crippen LogP contribution in [0.1, 0.15) is 31.2 Å². The molecule has 0 atom stereocenters. The molecule has 33 heavy (non-hydrogen) atoms. The lowest BCUT2D eigenvalue weighted by atomic mass is 9.91. The largest absolute Gasteiger partial charge is 0.416 e. The van der Waals surface area contributed by atoms with Crippen molar-refractivity contribution < 1.29 is 23.1 Å². The highest BCUT2D eigenvalue weighted by molar-refractivity contribution is 5.81. The van der Waals surface area contributed by atoms with E-state index in [1.807, 2.05) is 0 Å². The molecule has 3 aromatic rings. The van der Waals surface area contributed by atoms with E-state index in [0.29, 0.717) is 31.6 Å². The molecule has 3 heterocycles. The molecule has 1 N–H and O–H groups in total. The SMILES string of the molecule is O=C(C1CC1)N1CCC(O)(Cn2cnc3c(cnn3-c3ccc(C(F)(F)F)cc3)c2=O)CC1. The van der Waals surface area contributed by atoms with Crippen LogP contribution in [0.15, 0.2) is 41.6 Å². The Morgan fingerprint density at radius 3 is 2.42 bits per heavy atom. The number of piperidine rings is 1. The minimum Gasteiger partial charge on any atom is -0.388 e. The van der Waals surface area contributed by atoms with Crippen LogP contribution in [0.25, 0.3) is 16.7 Å². The summed E-state index contributed by atoms with van der Waals surface area (Å²) in [6.45, 7) is 0.927. The average molecular weight is 461 g/mol. The fraction of sp³-hybridized carbons (Fsp3) is 0.455. The van der Waals surface area contributed by atoms with Crippen LogP contribution in [0, 0.1) is 5.92 Å². The van der Waals surface area contributed by atoms with Crippen LogP contribution in [0.4, 0.5) is 13.2 Å². The Morgan fingerprint density at radius 2 is 1.82 bits per heavy atom. The minimum atomic E-state index is -4.45. The Balaban J connectivity index is 1.35. The van der Waals surface area contributed by atoms with Gasteiger partial charge in [0.15, 0.2) is 5.65 Å². The number of rotatable bonds is 4. The molecular formula is C22H22F3N5O3. The number of alkyl halides is 3. The van der Waals surface area contributed by atoms with Crippen LogP contribution in [0.5, 0.6) is 0 Å². The Hall–Kier alpha value is -3.21. The van der Waals surface area contributed by atoms with Crippen molar-refractivity contribution in [2.75, 3.05) is 13.1 Å². The van der Waals surface area contributed by atoms with E-state index in [0.717, 1.165) is 25.0 Å². The predicted octanol–water partition coefficient (Wildman–Crippen LogP) is 2.36. The number of fused-ring (bicyclic) bond motifs is 1. The quantitative estimate of drug-likeness (QED) is 0.644. The summed E-state index contributed by atoms with van der Waals surface area (Å²) < 4.78 is 41.1. The number of nitrogens with zero attached hydrogens (tertiary/aromatic N) is 5. The summed E-state index contributed by atoms with van der Waals surface area (Å²) in [7, 11) is 0. The van der Waals surface area contributed by atoms with Gasteiger partial charge in [-0.3, -0.25) is 14.2 Å². The predicted molar refractivity (Wildman–Crippen MR) is 112 cm³/mol. The first-order valence-electron chi connectivity index (χ1n) is 10.8. The molecule has 1 saturated heterocycles. The maximum atomic E-state index is 13.0. The number of halogens is 3. The molecule has 2 fully saturated rings. The fourth-order valence-electron chi connectivity index (χ4n) is 4.25. The number of amides is 1. The maximum Gasteiger partial charge on any atom is 0.416 e. The zero-order valence-electron chi connectivity index (χ0n) is 17.6. The Kier molecular flexibility index (Phi) is 5.04. The van der Waals surface area contributed by atoms with Crippen LogP contribution in [-0.2, 0) is 17.5 Å². The molecule has 174 valence electrons. The number of carbonyl (C=O) groups excluding carboxylic acids is 1. The van der Waals surface area contributed by atoms with Crippen molar-refractivity contribution in [1.29, 1.82) is 0 Å². The van der Waals surface area contributed by atoms with Crippen molar-refractivity contribution in [3.8, 4) is 5.69 Å². The summed E-state index contributed by atoms with van der Waals surface area (Å²) in [6, 6.07) is 4.42. The summed E-state index contributed by atoms with van der Waals surface area (Å²) in [6.07, 6.45) is 0.772. The summed E-state index contributed by atoms with van der Waals surface area (Å²) in [5.74, 6) is 0.277. The highest BCUT2D eigenvalue weighted by Gasteiger charge is 2.39. The van der Waals surface area contributed by atoms with E-state index in [2.05, 4.69) is 10.1 Å². The van der Waals surface area contributed by atoms with Gasteiger partial charge in [0.25, 0.3) is 5.56 Å². The lowest BCUT2D eigenvalue weighted by Gasteiger charge is -2.38.